The summed E-state index contributed by atoms with van der Waals surface area (Å²) in [6.45, 7) is 8.84. The van der Waals surface area contributed by atoms with Gasteiger partial charge in [-0.05, 0) is 61.7 Å². The van der Waals surface area contributed by atoms with Crippen LogP contribution in [-0.4, -0.2) is 70.5 Å². The van der Waals surface area contributed by atoms with Crippen molar-refractivity contribution in [2.24, 2.45) is 16.6 Å². The second-order valence-corrected chi connectivity index (χ2v) is 11.1. The number of guanidine groups is 1. The van der Waals surface area contributed by atoms with Crippen LogP contribution < -0.4 is 32.7 Å². The van der Waals surface area contributed by atoms with Gasteiger partial charge in [0.2, 0.25) is 11.8 Å². The van der Waals surface area contributed by atoms with E-state index in [0.29, 0.717) is 6.42 Å². The fourth-order valence-corrected chi connectivity index (χ4v) is 5.26. The SMILES string of the molecule is CCN(CC)CCCn1cc(CC(=O)N[C@H](CCCNC(N)=N[N+](=O)[O-])C(=O)NCc2ccc(CNC(N)=O)cc2)c2ccccc21. The zero-order valence-corrected chi connectivity index (χ0v) is 27.0. The summed E-state index contributed by atoms with van der Waals surface area (Å²) in [6, 6.07) is 13.8. The third-order valence-electron chi connectivity index (χ3n) is 7.76. The average molecular weight is 651 g/mol. The van der Waals surface area contributed by atoms with Gasteiger partial charge in [-0.1, -0.05) is 56.3 Å². The van der Waals surface area contributed by atoms with E-state index >= 15 is 0 Å². The Morgan fingerprint density at radius 1 is 0.957 bits per heavy atom. The number of hydrogen-bond donors (Lipinski definition) is 6. The average Bonchev–Trinajstić information content (AvgIpc) is 3.39. The van der Waals surface area contributed by atoms with Crippen LogP contribution in [0.25, 0.3) is 10.9 Å². The van der Waals surface area contributed by atoms with Crippen molar-refractivity contribution in [3.63, 3.8) is 0 Å². The second-order valence-electron chi connectivity index (χ2n) is 11.1. The molecule has 0 spiro atoms. The normalized spacial score (nSPS) is 12.1. The molecule has 47 heavy (non-hydrogen) atoms. The van der Waals surface area contributed by atoms with Gasteiger partial charge in [-0.25, -0.2) is 14.9 Å². The molecular weight excluding hydrogens is 604 g/mol. The molecule has 0 aliphatic rings. The highest BCUT2D eigenvalue weighted by atomic mass is 16.7. The van der Waals surface area contributed by atoms with E-state index in [1.165, 1.54) is 0 Å². The number of para-hydroxylation sites is 1. The van der Waals surface area contributed by atoms with Crippen LogP contribution >= 0.6 is 0 Å². The number of aromatic nitrogens is 1. The molecule has 3 aromatic rings. The second kappa shape index (κ2) is 18.7. The molecule has 0 saturated carbocycles. The molecule has 254 valence electrons. The monoisotopic (exact) mass is 650 g/mol. The lowest BCUT2D eigenvalue weighted by atomic mass is 10.1. The number of nitro groups is 1. The number of urea groups is 1. The van der Waals surface area contributed by atoms with E-state index in [2.05, 4.69) is 49.7 Å². The summed E-state index contributed by atoms with van der Waals surface area (Å²) < 4.78 is 2.18. The number of nitrogens with two attached hydrogens (primary N) is 2. The Balaban J connectivity index is 1.66. The zero-order valence-electron chi connectivity index (χ0n) is 27.0. The number of carbonyl (C=O) groups excluding carboxylic acids is 3. The van der Waals surface area contributed by atoms with Gasteiger partial charge in [-0.15, -0.1) is 0 Å². The van der Waals surface area contributed by atoms with E-state index < -0.39 is 17.1 Å². The van der Waals surface area contributed by atoms with Crippen molar-refractivity contribution in [3.05, 3.63) is 81.5 Å². The lowest BCUT2D eigenvalue weighted by Gasteiger charge is -2.19. The van der Waals surface area contributed by atoms with Crippen LogP contribution in [0.3, 0.4) is 0 Å². The van der Waals surface area contributed by atoms with Gasteiger partial charge in [0.15, 0.2) is 5.03 Å². The minimum Gasteiger partial charge on any atom is -0.365 e. The molecule has 8 N–H and O–H groups in total. The summed E-state index contributed by atoms with van der Waals surface area (Å²) >= 11 is 0. The third kappa shape index (κ3) is 12.3. The quantitative estimate of drug-likeness (QED) is 0.0369. The molecule has 1 aromatic heterocycles. The van der Waals surface area contributed by atoms with Crippen molar-refractivity contribution in [2.45, 2.75) is 65.2 Å². The molecule has 15 heteroatoms. The van der Waals surface area contributed by atoms with E-state index in [1.54, 1.807) is 0 Å². The molecule has 2 aromatic carbocycles. The Labute approximate surface area is 274 Å². The molecule has 15 nitrogen and oxygen atoms in total. The summed E-state index contributed by atoms with van der Waals surface area (Å²) in [5.74, 6) is -1.02. The van der Waals surface area contributed by atoms with E-state index in [4.69, 9.17) is 11.5 Å². The summed E-state index contributed by atoms with van der Waals surface area (Å²) in [7, 11) is 0. The van der Waals surface area contributed by atoms with Gasteiger partial charge in [-0.3, -0.25) is 9.59 Å². The molecule has 1 atom stereocenters. The summed E-state index contributed by atoms with van der Waals surface area (Å²) in [5, 5.41) is 24.6. The molecular formula is C32H46N10O5. The van der Waals surface area contributed by atoms with Gasteiger partial charge in [0.05, 0.1) is 6.42 Å². The zero-order chi connectivity index (χ0) is 34.2. The number of hydrazone groups is 1. The number of aryl methyl sites for hydroxylation is 1. The number of amides is 4. The first-order valence-electron chi connectivity index (χ1n) is 15.8. The van der Waals surface area contributed by atoms with Crippen LogP contribution in [-0.2, 0) is 35.6 Å². The molecule has 0 radical (unpaired) electrons. The maximum atomic E-state index is 13.4. The van der Waals surface area contributed by atoms with Gasteiger partial charge < -0.3 is 42.2 Å². The summed E-state index contributed by atoms with van der Waals surface area (Å²) in [5.41, 5.74) is 14.2. The van der Waals surface area contributed by atoms with E-state index in [0.717, 1.165) is 60.2 Å². The minimum absolute atomic E-state index is 0.0921. The van der Waals surface area contributed by atoms with Gasteiger partial charge in [0, 0.05) is 43.3 Å². The number of carbonyl (C=O) groups is 3. The van der Waals surface area contributed by atoms with Crippen molar-refractivity contribution in [2.75, 3.05) is 26.2 Å². The van der Waals surface area contributed by atoms with Crippen LogP contribution in [0.4, 0.5) is 4.79 Å². The molecule has 0 aliphatic heterocycles. The largest absolute Gasteiger partial charge is 0.365 e. The molecule has 0 fully saturated rings. The van der Waals surface area contributed by atoms with Gasteiger partial charge in [-0.2, -0.15) is 0 Å². The Kier molecular flexibility index (Phi) is 14.4. The third-order valence-corrected chi connectivity index (χ3v) is 7.76. The molecule has 0 bridgehead atoms. The van der Waals surface area contributed by atoms with Crippen LogP contribution in [0.2, 0.25) is 0 Å². The van der Waals surface area contributed by atoms with Gasteiger partial charge in [0.25, 0.3) is 5.96 Å². The minimum atomic E-state index is -0.901. The molecule has 0 aliphatic carbocycles. The fourth-order valence-electron chi connectivity index (χ4n) is 5.26. The highest BCUT2D eigenvalue weighted by molar-refractivity contribution is 5.92. The fraction of sp³-hybridized carbons (Fsp3) is 0.438. The van der Waals surface area contributed by atoms with Crippen molar-refractivity contribution in [3.8, 4) is 0 Å². The first-order valence-corrected chi connectivity index (χ1v) is 15.8. The number of benzene rings is 2. The topological polar surface area (TPSA) is 215 Å². The molecule has 0 saturated heterocycles. The van der Waals surface area contributed by atoms with Crippen LogP contribution in [0, 0.1) is 10.1 Å². The number of hydrogen-bond acceptors (Lipinski definition) is 6. The van der Waals surface area contributed by atoms with Crippen LogP contribution in [0.1, 0.15) is 49.8 Å². The Bertz CT molecular complexity index is 1520. The molecule has 0 unspecified atom stereocenters. The van der Waals surface area contributed by atoms with E-state index in [9.17, 15) is 24.5 Å². The van der Waals surface area contributed by atoms with E-state index in [1.807, 2.05) is 54.7 Å². The lowest BCUT2D eigenvalue weighted by Crippen LogP contribution is -2.47. The summed E-state index contributed by atoms with van der Waals surface area (Å²) in [4.78, 5) is 50.5. The molecule has 3 rings (SSSR count). The Hall–Kier alpha value is -5.18. The first-order chi connectivity index (χ1) is 22.6. The van der Waals surface area contributed by atoms with Crippen LogP contribution in [0.15, 0.2) is 59.8 Å². The van der Waals surface area contributed by atoms with Gasteiger partial charge in [0.1, 0.15) is 11.1 Å². The number of primary amides is 1. The molecule has 4 amide bonds. The smallest absolute Gasteiger partial charge is 0.312 e. The van der Waals surface area contributed by atoms with E-state index in [-0.39, 0.29) is 50.2 Å². The predicted octanol–water partition coefficient (Wildman–Crippen LogP) is 1.76. The predicted molar refractivity (Wildman–Crippen MR) is 181 cm³/mol. The highest BCUT2D eigenvalue weighted by Gasteiger charge is 2.22. The number of nitrogens with zero attached hydrogens (tertiary/aromatic N) is 4. The Morgan fingerprint density at radius 3 is 2.26 bits per heavy atom. The van der Waals surface area contributed by atoms with Crippen LogP contribution in [0.5, 0.6) is 0 Å². The van der Waals surface area contributed by atoms with Crippen molar-refractivity contribution >= 4 is 34.7 Å². The lowest BCUT2D eigenvalue weighted by molar-refractivity contribution is -0.485. The standard InChI is InChI=1S/C32H46N10O5/c1-3-40(4-2)17-8-18-41-22-25(26-9-5-6-11-28(26)41)19-29(43)38-27(10-7-16-35-31(33)39-42(46)47)30(44)36-20-23-12-14-24(15-13-23)21-37-32(34)45/h5-6,9,11-15,22,27H,3-4,7-8,10,16-21H2,1-2H3,(H,36,44)(H,38,43)(H3,33,35,39)(H3,34,37,45)/t27-/m1/s1. The molecule has 1 heterocycles. The number of fused-ring (bicyclic) bond motifs is 1. The van der Waals surface area contributed by atoms with Crippen molar-refractivity contribution in [1.82, 2.24) is 30.7 Å². The van der Waals surface area contributed by atoms with Crippen molar-refractivity contribution < 1.29 is 19.4 Å². The number of nitrogens with one attached hydrogen (secondary N) is 4. The first kappa shape index (κ1) is 36.3. The maximum Gasteiger partial charge on any atom is 0.312 e. The van der Waals surface area contributed by atoms with Gasteiger partial charge >= 0.3 is 6.03 Å². The Morgan fingerprint density at radius 2 is 1.62 bits per heavy atom. The highest BCUT2D eigenvalue weighted by Crippen LogP contribution is 2.22. The number of rotatable bonds is 19. The van der Waals surface area contributed by atoms with Crippen molar-refractivity contribution in [1.29, 1.82) is 0 Å². The summed E-state index contributed by atoms with van der Waals surface area (Å²) in [6.07, 6.45) is 3.72. The maximum absolute atomic E-state index is 13.4.